The first kappa shape index (κ1) is 24.0. The lowest BCUT2D eigenvalue weighted by Gasteiger charge is -2.15. The fraction of sp³-hybridized carbons (Fsp3) is 0.0741. The van der Waals surface area contributed by atoms with E-state index in [1.807, 2.05) is 0 Å². The van der Waals surface area contributed by atoms with Crippen LogP contribution in [0.1, 0.15) is 17.3 Å². The van der Waals surface area contributed by atoms with E-state index in [9.17, 15) is 22.4 Å². The third-order valence-corrected chi connectivity index (χ3v) is 5.47. The van der Waals surface area contributed by atoms with E-state index in [-0.39, 0.29) is 11.7 Å². The molecule has 0 spiro atoms. The highest BCUT2D eigenvalue weighted by molar-refractivity contribution is 5.90. The summed E-state index contributed by atoms with van der Waals surface area (Å²) in [4.78, 5) is 15.9. The van der Waals surface area contributed by atoms with Crippen LogP contribution in [-0.4, -0.2) is 20.7 Å². The van der Waals surface area contributed by atoms with Gasteiger partial charge in [0, 0.05) is 13.1 Å². The highest BCUT2D eigenvalue weighted by Gasteiger charge is 2.35. The molecule has 2 aromatic heterocycles. The summed E-state index contributed by atoms with van der Waals surface area (Å²) < 4.78 is 67.0. The van der Waals surface area contributed by atoms with E-state index in [0.29, 0.717) is 33.7 Å². The molecule has 0 N–H and O–H groups in total. The number of carbonyl (C=O) groups is 1. The Kier molecular flexibility index (Phi) is 6.08. The van der Waals surface area contributed by atoms with Crippen LogP contribution in [0.4, 0.5) is 17.6 Å². The van der Waals surface area contributed by atoms with Crippen molar-refractivity contribution in [3.63, 3.8) is 0 Å². The van der Waals surface area contributed by atoms with Gasteiger partial charge in [0.1, 0.15) is 28.8 Å². The summed E-state index contributed by atoms with van der Waals surface area (Å²) in [5, 5.41) is 4.56. The minimum Gasteiger partial charge on any atom is -0.457 e. The lowest BCUT2D eigenvalue weighted by molar-refractivity contribution is -0.138. The second-order valence-electron chi connectivity index (χ2n) is 8.01. The average molecular weight is 507 g/mol. The van der Waals surface area contributed by atoms with E-state index in [1.165, 1.54) is 43.6 Å². The Balaban J connectivity index is 1.41. The third kappa shape index (κ3) is 4.99. The van der Waals surface area contributed by atoms with Crippen molar-refractivity contribution < 1.29 is 31.8 Å². The molecule has 2 heterocycles. The summed E-state index contributed by atoms with van der Waals surface area (Å²) in [6.45, 7) is 1.37. The molecule has 10 heteroatoms. The van der Waals surface area contributed by atoms with Crippen LogP contribution in [0.2, 0.25) is 0 Å². The summed E-state index contributed by atoms with van der Waals surface area (Å²) in [7, 11) is 0. The SMILES string of the molecule is CC(=O)n1ncc2c(Oc3ccc(-c4ccc(Oc5ccc(F)cc5)c(C(F)(F)F)c4)cc3)ccnc21. The summed E-state index contributed by atoms with van der Waals surface area (Å²) in [5.41, 5.74) is 0.232. The zero-order valence-corrected chi connectivity index (χ0v) is 19.2. The third-order valence-electron chi connectivity index (χ3n) is 5.47. The first-order valence-electron chi connectivity index (χ1n) is 11.0. The highest BCUT2D eigenvalue weighted by atomic mass is 19.4. The Hall–Kier alpha value is -4.73. The van der Waals surface area contributed by atoms with E-state index in [2.05, 4.69) is 10.1 Å². The van der Waals surface area contributed by atoms with Crippen LogP contribution < -0.4 is 9.47 Å². The van der Waals surface area contributed by atoms with Crippen LogP contribution >= 0.6 is 0 Å². The van der Waals surface area contributed by atoms with Crippen molar-refractivity contribution in [1.29, 1.82) is 0 Å². The summed E-state index contributed by atoms with van der Waals surface area (Å²) in [6, 6.07) is 16.6. The number of ether oxygens (including phenoxy) is 2. The minimum atomic E-state index is -4.68. The van der Waals surface area contributed by atoms with Gasteiger partial charge in [-0.25, -0.2) is 9.37 Å². The van der Waals surface area contributed by atoms with Crippen molar-refractivity contribution in [2.24, 2.45) is 0 Å². The molecule has 0 aliphatic carbocycles. The Morgan fingerprint density at radius 2 is 1.46 bits per heavy atom. The number of alkyl halides is 3. The lowest BCUT2D eigenvalue weighted by Crippen LogP contribution is -2.07. The quantitative estimate of drug-likeness (QED) is 0.231. The Bertz CT molecular complexity index is 1590. The number of hydrogen-bond acceptors (Lipinski definition) is 5. The molecule has 0 aliphatic heterocycles. The molecule has 5 rings (SSSR count). The number of carbonyl (C=O) groups excluding carboxylic acids is 1. The number of benzene rings is 3. The number of hydrogen-bond donors (Lipinski definition) is 0. The number of pyridine rings is 1. The van der Waals surface area contributed by atoms with Crippen molar-refractivity contribution in [2.75, 3.05) is 0 Å². The molecule has 0 radical (unpaired) electrons. The van der Waals surface area contributed by atoms with Crippen LogP contribution in [0.5, 0.6) is 23.0 Å². The second-order valence-corrected chi connectivity index (χ2v) is 8.01. The average Bonchev–Trinajstić information content (AvgIpc) is 3.31. The molecule has 0 saturated carbocycles. The van der Waals surface area contributed by atoms with Gasteiger partial charge in [-0.1, -0.05) is 18.2 Å². The van der Waals surface area contributed by atoms with Crippen molar-refractivity contribution >= 4 is 16.9 Å². The zero-order valence-electron chi connectivity index (χ0n) is 19.2. The fourth-order valence-electron chi connectivity index (χ4n) is 3.72. The van der Waals surface area contributed by atoms with Crippen molar-refractivity contribution in [2.45, 2.75) is 13.1 Å². The first-order valence-corrected chi connectivity index (χ1v) is 11.0. The Morgan fingerprint density at radius 1 is 0.838 bits per heavy atom. The van der Waals surface area contributed by atoms with Crippen molar-refractivity contribution in [3.8, 4) is 34.1 Å². The van der Waals surface area contributed by atoms with Crippen molar-refractivity contribution in [3.05, 3.63) is 96.6 Å². The van der Waals surface area contributed by atoms with Gasteiger partial charge in [0.15, 0.2) is 5.65 Å². The van der Waals surface area contributed by atoms with Gasteiger partial charge in [-0.3, -0.25) is 4.79 Å². The molecule has 6 nitrogen and oxygen atoms in total. The van der Waals surface area contributed by atoms with Gasteiger partial charge in [0.2, 0.25) is 5.91 Å². The molecule has 0 saturated heterocycles. The number of aromatic nitrogens is 3. The smallest absolute Gasteiger partial charge is 0.420 e. The largest absolute Gasteiger partial charge is 0.457 e. The Labute approximate surface area is 207 Å². The molecule has 37 heavy (non-hydrogen) atoms. The van der Waals surface area contributed by atoms with E-state index >= 15 is 0 Å². The summed E-state index contributed by atoms with van der Waals surface area (Å²) >= 11 is 0. The predicted octanol–water partition coefficient (Wildman–Crippen LogP) is 7.50. The molecule has 5 aromatic rings. The molecule has 0 fully saturated rings. The predicted molar refractivity (Wildman–Crippen MR) is 127 cm³/mol. The standard InChI is InChI=1S/C27H17F4N3O3/c1-16(35)34-26-22(15-33-34)24(12-13-32-26)36-20-7-2-17(3-8-20)18-4-11-25(23(14-18)27(29,30)31)37-21-9-5-19(28)6-10-21/h2-15H,1H3. The first-order chi connectivity index (χ1) is 17.7. The molecular formula is C27H17F4N3O3. The molecular weight excluding hydrogens is 490 g/mol. The number of halogens is 4. The van der Waals surface area contributed by atoms with E-state index in [0.717, 1.165) is 22.9 Å². The van der Waals surface area contributed by atoms with Crippen LogP contribution in [0.15, 0.2) is 85.2 Å². The van der Waals surface area contributed by atoms with Gasteiger partial charge >= 0.3 is 6.18 Å². The van der Waals surface area contributed by atoms with Gasteiger partial charge in [0.25, 0.3) is 0 Å². The molecule has 0 unspecified atom stereocenters. The van der Waals surface area contributed by atoms with Crippen LogP contribution in [0, 0.1) is 5.82 Å². The van der Waals surface area contributed by atoms with Crippen LogP contribution in [-0.2, 0) is 6.18 Å². The normalized spacial score (nSPS) is 11.5. The van der Waals surface area contributed by atoms with Gasteiger partial charge in [0.05, 0.1) is 17.1 Å². The fourth-order valence-corrected chi connectivity index (χ4v) is 3.72. The maximum absolute atomic E-state index is 13.8. The van der Waals surface area contributed by atoms with Crippen molar-refractivity contribution in [1.82, 2.24) is 14.8 Å². The zero-order chi connectivity index (χ0) is 26.2. The van der Waals surface area contributed by atoms with Gasteiger partial charge in [-0.05, 0) is 65.7 Å². The highest BCUT2D eigenvalue weighted by Crippen LogP contribution is 2.41. The number of fused-ring (bicyclic) bond motifs is 1. The molecule has 3 aromatic carbocycles. The minimum absolute atomic E-state index is 0.0835. The molecule has 0 atom stereocenters. The topological polar surface area (TPSA) is 66.2 Å². The molecule has 186 valence electrons. The van der Waals surface area contributed by atoms with Crippen LogP contribution in [0.3, 0.4) is 0 Å². The lowest BCUT2D eigenvalue weighted by atomic mass is 10.0. The van der Waals surface area contributed by atoms with Gasteiger partial charge in [-0.15, -0.1) is 0 Å². The Morgan fingerprint density at radius 3 is 2.11 bits per heavy atom. The molecule has 0 amide bonds. The second kappa shape index (κ2) is 9.38. The maximum atomic E-state index is 13.8. The van der Waals surface area contributed by atoms with E-state index < -0.39 is 23.3 Å². The molecule has 0 aliphatic rings. The van der Waals surface area contributed by atoms with Crippen LogP contribution in [0.25, 0.3) is 22.2 Å². The number of nitrogens with zero attached hydrogens (tertiary/aromatic N) is 3. The van der Waals surface area contributed by atoms with Gasteiger partial charge in [-0.2, -0.15) is 23.0 Å². The summed E-state index contributed by atoms with van der Waals surface area (Å²) in [6.07, 6.45) is -1.71. The summed E-state index contributed by atoms with van der Waals surface area (Å²) in [5.74, 6) is -0.274. The van der Waals surface area contributed by atoms with E-state index in [1.54, 1.807) is 30.3 Å². The molecule has 0 bridgehead atoms. The maximum Gasteiger partial charge on any atom is 0.420 e. The monoisotopic (exact) mass is 507 g/mol. The van der Waals surface area contributed by atoms with Gasteiger partial charge < -0.3 is 9.47 Å². The van der Waals surface area contributed by atoms with E-state index in [4.69, 9.17) is 9.47 Å². The number of rotatable bonds is 5.